The van der Waals surface area contributed by atoms with Gasteiger partial charge in [-0.05, 0) is 39.0 Å². The number of anilines is 2. The number of amides is 1. The largest absolute Gasteiger partial charge is 0.474 e. The second-order valence-corrected chi connectivity index (χ2v) is 10.1. The highest BCUT2D eigenvalue weighted by Crippen LogP contribution is 2.28. The number of rotatable bonds is 10. The summed E-state index contributed by atoms with van der Waals surface area (Å²) in [6, 6.07) is 3.54. The second-order valence-electron chi connectivity index (χ2n) is 8.32. The summed E-state index contributed by atoms with van der Waals surface area (Å²) in [6.45, 7) is 6.41. The molecule has 3 N–H and O–H groups in total. The highest BCUT2D eigenvalue weighted by molar-refractivity contribution is 7.89. The van der Waals surface area contributed by atoms with Crippen LogP contribution in [0.3, 0.4) is 0 Å². The zero-order valence-electron chi connectivity index (χ0n) is 19.8. The van der Waals surface area contributed by atoms with Crippen LogP contribution in [0.2, 0.25) is 0 Å². The topological polar surface area (TPSA) is 143 Å². The molecule has 1 fully saturated rings. The van der Waals surface area contributed by atoms with Gasteiger partial charge in [-0.2, -0.15) is 0 Å². The van der Waals surface area contributed by atoms with Gasteiger partial charge in [-0.3, -0.25) is 0 Å². The Morgan fingerprint density at radius 3 is 2.63 bits per heavy atom. The summed E-state index contributed by atoms with van der Waals surface area (Å²) in [7, 11) is -3.89. The first-order valence-electron chi connectivity index (χ1n) is 11.2. The van der Waals surface area contributed by atoms with Crippen LogP contribution in [-0.2, 0) is 14.8 Å². The molecule has 0 aliphatic carbocycles. The molecule has 0 bridgehead atoms. The van der Waals surface area contributed by atoms with Gasteiger partial charge in [0.05, 0.1) is 28.9 Å². The lowest BCUT2D eigenvalue weighted by molar-refractivity contribution is 0.0833. The molecule has 1 amide bonds. The fraction of sp³-hybridized carbons (Fsp3) is 0.500. The van der Waals surface area contributed by atoms with Gasteiger partial charge in [0.15, 0.2) is 0 Å². The Morgan fingerprint density at radius 2 is 2.00 bits per heavy atom. The third-order valence-corrected chi connectivity index (χ3v) is 6.84. The van der Waals surface area contributed by atoms with Crippen molar-refractivity contribution in [3.8, 4) is 5.88 Å². The van der Waals surface area contributed by atoms with E-state index in [1.54, 1.807) is 6.92 Å². The zero-order valence-corrected chi connectivity index (χ0v) is 20.6. The van der Waals surface area contributed by atoms with Gasteiger partial charge in [0, 0.05) is 32.5 Å². The summed E-state index contributed by atoms with van der Waals surface area (Å²) in [5.74, 6) is -0.159. The van der Waals surface area contributed by atoms with E-state index in [0.717, 1.165) is 6.07 Å². The van der Waals surface area contributed by atoms with Crippen LogP contribution in [0.5, 0.6) is 5.88 Å². The van der Waals surface area contributed by atoms with E-state index in [9.17, 15) is 17.6 Å². The van der Waals surface area contributed by atoms with Crippen LogP contribution in [-0.4, -0.2) is 72.9 Å². The normalized spacial score (nSPS) is 14.8. The molecule has 1 aliphatic rings. The predicted octanol–water partition coefficient (Wildman–Crippen LogP) is 2.89. The predicted molar refractivity (Wildman–Crippen MR) is 126 cm³/mol. The van der Waals surface area contributed by atoms with Crippen molar-refractivity contribution in [2.45, 2.75) is 50.7 Å². The molecule has 192 valence electrons. The van der Waals surface area contributed by atoms with Crippen LogP contribution in [0.15, 0.2) is 29.4 Å². The summed E-state index contributed by atoms with van der Waals surface area (Å²) in [6.07, 6.45) is 1.15. The number of carboxylic acid groups (broad SMARTS) is 1. The molecule has 1 aromatic carbocycles. The fourth-order valence-corrected chi connectivity index (χ4v) is 4.47. The molecular weight excluding hydrogens is 481 g/mol. The van der Waals surface area contributed by atoms with E-state index in [4.69, 9.17) is 14.6 Å². The van der Waals surface area contributed by atoms with E-state index in [2.05, 4.69) is 20.0 Å². The molecule has 3 rings (SSSR count). The number of hydrogen-bond donors (Lipinski definition) is 3. The Morgan fingerprint density at radius 1 is 1.29 bits per heavy atom. The molecule has 0 atom stereocenters. The lowest BCUT2D eigenvalue weighted by atomic mass is 10.1. The van der Waals surface area contributed by atoms with Gasteiger partial charge < -0.3 is 24.8 Å². The van der Waals surface area contributed by atoms with Crippen LogP contribution >= 0.6 is 0 Å². The Hall–Kier alpha value is -3.03. The first kappa shape index (κ1) is 26.6. The van der Waals surface area contributed by atoms with Crippen molar-refractivity contribution in [3.05, 3.63) is 35.9 Å². The quantitative estimate of drug-likeness (QED) is 0.410. The summed E-state index contributed by atoms with van der Waals surface area (Å²) in [5, 5.41) is 11.9. The summed E-state index contributed by atoms with van der Waals surface area (Å²) >= 11 is 0. The van der Waals surface area contributed by atoms with Gasteiger partial charge >= 0.3 is 6.09 Å². The molecule has 1 saturated heterocycles. The number of piperidine rings is 1. The molecular formula is C22H30FN5O6S. The maximum atomic E-state index is 14.8. The lowest BCUT2D eigenvalue weighted by Gasteiger charge is -2.30. The van der Waals surface area contributed by atoms with Gasteiger partial charge in [0.1, 0.15) is 24.1 Å². The van der Waals surface area contributed by atoms with Crippen LogP contribution in [0.4, 0.5) is 20.7 Å². The number of halogens is 1. The van der Waals surface area contributed by atoms with E-state index < -0.39 is 21.9 Å². The van der Waals surface area contributed by atoms with E-state index in [1.807, 2.05) is 13.8 Å². The van der Waals surface area contributed by atoms with E-state index >= 15 is 0 Å². The number of nitrogens with zero attached hydrogens (tertiary/aromatic N) is 3. The second kappa shape index (κ2) is 11.6. The lowest BCUT2D eigenvalue weighted by Crippen LogP contribution is -2.41. The standard InChI is InChI=1S/C22H30FN5O6S/c1-14(2)33-11-8-26-35(31,32)17-4-5-19(18(23)12-17)27-20-15(3)21(25-13-24-20)34-16-6-9-28(10-7-16)22(29)30/h4-5,12-14,16,26H,6-11H2,1-3H3,(H,29,30)(H,24,25,27). The number of benzene rings is 1. The minimum absolute atomic E-state index is 0.0246. The minimum Gasteiger partial charge on any atom is -0.474 e. The number of carbonyl (C=O) groups is 1. The average Bonchev–Trinajstić information content (AvgIpc) is 2.80. The maximum absolute atomic E-state index is 14.8. The molecule has 1 aliphatic heterocycles. The summed E-state index contributed by atoms with van der Waals surface area (Å²) in [4.78, 5) is 20.5. The third kappa shape index (κ3) is 7.23. The third-order valence-electron chi connectivity index (χ3n) is 5.38. The first-order valence-corrected chi connectivity index (χ1v) is 12.7. The monoisotopic (exact) mass is 511 g/mol. The van der Waals surface area contributed by atoms with Crippen LogP contribution in [0.1, 0.15) is 32.3 Å². The number of ether oxygens (including phenoxy) is 2. The average molecular weight is 512 g/mol. The highest BCUT2D eigenvalue weighted by atomic mass is 32.2. The van der Waals surface area contributed by atoms with E-state index in [0.29, 0.717) is 43.2 Å². The smallest absolute Gasteiger partial charge is 0.407 e. The van der Waals surface area contributed by atoms with E-state index in [1.165, 1.54) is 23.4 Å². The van der Waals surface area contributed by atoms with Crippen molar-refractivity contribution < 1.29 is 32.2 Å². The van der Waals surface area contributed by atoms with Crippen LogP contribution in [0.25, 0.3) is 0 Å². The molecule has 0 spiro atoms. The fourth-order valence-electron chi connectivity index (χ4n) is 3.45. The number of hydrogen-bond acceptors (Lipinski definition) is 8. The Labute approximate surface area is 203 Å². The molecule has 0 unspecified atom stereocenters. The van der Waals surface area contributed by atoms with Gasteiger partial charge in [0.2, 0.25) is 15.9 Å². The van der Waals surface area contributed by atoms with Gasteiger partial charge in [-0.15, -0.1) is 0 Å². The number of likely N-dealkylation sites (tertiary alicyclic amines) is 1. The summed E-state index contributed by atoms with van der Waals surface area (Å²) in [5.41, 5.74) is 0.575. The highest BCUT2D eigenvalue weighted by Gasteiger charge is 2.25. The van der Waals surface area contributed by atoms with Crippen molar-refractivity contribution in [1.82, 2.24) is 19.6 Å². The molecule has 1 aromatic heterocycles. The zero-order chi connectivity index (χ0) is 25.6. The number of nitrogens with one attached hydrogen (secondary N) is 2. The minimum atomic E-state index is -3.89. The maximum Gasteiger partial charge on any atom is 0.407 e. The van der Waals surface area contributed by atoms with Crippen molar-refractivity contribution in [3.63, 3.8) is 0 Å². The SMILES string of the molecule is Cc1c(Nc2ccc(S(=O)(=O)NCCOC(C)C)cc2F)ncnc1OC1CCN(C(=O)O)CC1. The molecule has 11 nitrogen and oxygen atoms in total. The Kier molecular flexibility index (Phi) is 8.81. The molecule has 2 aromatic rings. The molecule has 35 heavy (non-hydrogen) atoms. The van der Waals surface area contributed by atoms with E-state index in [-0.39, 0.29) is 35.9 Å². The van der Waals surface area contributed by atoms with Gasteiger partial charge in [-0.1, -0.05) is 0 Å². The Bertz CT molecular complexity index is 1140. The molecule has 0 saturated carbocycles. The van der Waals surface area contributed by atoms with Crippen molar-refractivity contribution in [2.24, 2.45) is 0 Å². The van der Waals surface area contributed by atoms with Crippen molar-refractivity contribution in [1.29, 1.82) is 0 Å². The van der Waals surface area contributed by atoms with Gasteiger partial charge in [-0.25, -0.2) is 32.3 Å². The molecule has 0 radical (unpaired) electrons. The Balaban J connectivity index is 1.65. The van der Waals surface area contributed by atoms with Crippen molar-refractivity contribution >= 4 is 27.6 Å². The number of aromatic nitrogens is 2. The van der Waals surface area contributed by atoms with Crippen molar-refractivity contribution in [2.75, 3.05) is 31.6 Å². The molecule has 13 heteroatoms. The first-order chi connectivity index (χ1) is 16.6. The molecule has 2 heterocycles. The van der Waals surface area contributed by atoms with Crippen LogP contribution in [0, 0.1) is 12.7 Å². The number of sulfonamides is 1. The summed E-state index contributed by atoms with van der Waals surface area (Å²) < 4.78 is 53.2. The van der Waals surface area contributed by atoms with Crippen LogP contribution < -0.4 is 14.8 Å². The van der Waals surface area contributed by atoms with Gasteiger partial charge in [0.25, 0.3) is 0 Å².